The molecule has 0 saturated carbocycles. The van der Waals surface area contributed by atoms with Crippen molar-refractivity contribution in [3.63, 3.8) is 0 Å². The number of carbonyl (C=O) groups excluding carboxylic acids is 1. The van der Waals surface area contributed by atoms with Gasteiger partial charge in [-0.1, -0.05) is 13.8 Å². The SMILES string of the molecule is CC1CC(C)CN(C(=O)C2CCNC2)C1.Cl. The van der Waals surface area contributed by atoms with Gasteiger partial charge in [-0.05, 0) is 31.2 Å². The number of carbonyl (C=O) groups is 1. The Labute approximate surface area is 104 Å². The van der Waals surface area contributed by atoms with Gasteiger partial charge in [-0.2, -0.15) is 0 Å². The van der Waals surface area contributed by atoms with E-state index in [-0.39, 0.29) is 18.3 Å². The van der Waals surface area contributed by atoms with Gasteiger partial charge in [0.25, 0.3) is 0 Å². The number of likely N-dealkylation sites (tertiary alicyclic amines) is 1. The normalized spacial score (nSPS) is 34.6. The van der Waals surface area contributed by atoms with Gasteiger partial charge >= 0.3 is 0 Å². The van der Waals surface area contributed by atoms with Gasteiger partial charge in [-0.3, -0.25) is 4.79 Å². The lowest BCUT2D eigenvalue weighted by Gasteiger charge is -2.36. The van der Waals surface area contributed by atoms with Gasteiger partial charge in [0, 0.05) is 19.6 Å². The molecule has 0 aromatic heterocycles. The molecule has 4 heteroatoms. The molecule has 3 unspecified atom stereocenters. The predicted octanol–water partition coefficient (Wildman–Crippen LogP) is 1.52. The molecule has 94 valence electrons. The van der Waals surface area contributed by atoms with Crippen LogP contribution in [0.5, 0.6) is 0 Å². The van der Waals surface area contributed by atoms with Crippen LogP contribution in [0.1, 0.15) is 26.7 Å². The number of piperidine rings is 1. The molecule has 0 radical (unpaired) electrons. The highest BCUT2D eigenvalue weighted by Gasteiger charge is 2.31. The molecule has 2 heterocycles. The molecule has 0 spiro atoms. The van der Waals surface area contributed by atoms with Crippen molar-refractivity contribution in [2.45, 2.75) is 26.7 Å². The van der Waals surface area contributed by atoms with E-state index in [0.717, 1.165) is 32.6 Å². The Kier molecular flexibility index (Phi) is 5.06. The summed E-state index contributed by atoms with van der Waals surface area (Å²) in [6.07, 6.45) is 2.30. The number of rotatable bonds is 1. The molecule has 3 atom stereocenters. The van der Waals surface area contributed by atoms with Crippen LogP contribution in [-0.4, -0.2) is 37.0 Å². The van der Waals surface area contributed by atoms with Crippen molar-refractivity contribution in [3.8, 4) is 0 Å². The number of hydrogen-bond acceptors (Lipinski definition) is 2. The number of amides is 1. The van der Waals surface area contributed by atoms with Crippen molar-refractivity contribution in [1.29, 1.82) is 0 Å². The lowest BCUT2D eigenvalue weighted by molar-refractivity contribution is -0.137. The van der Waals surface area contributed by atoms with Crippen LogP contribution < -0.4 is 5.32 Å². The second-order valence-electron chi connectivity index (χ2n) is 5.38. The van der Waals surface area contributed by atoms with Crippen LogP contribution in [0.15, 0.2) is 0 Å². The van der Waals surface area contributed by atoms with Gasteiger partial charge in [0.15, 0.2) is 0 Å². The van der Waals surface area contributed by atoms with E-state index < -0.39 is 0 Å². The van der Waals surface area contributed by atoms with Crippen molar-refractivity contribution in [3.05, 3.63) is 0 Å². The summed E-state index contributed by atoms with van der Waals surface area (Å²) < 4.78 is 0. The highest BCUT2D eigenvalue weighted by Crippen LogP contribution is 2.23. The first-order chi connectivity index (χ1) is 7.16. The zero-order chi connectivity index (χ0) is 10.8. The van der Waals surface area contributed by atoms with E-state index in [1.807, 2.05) is 0 Å². The van der Waals surface area contributed by atoms with Crippen LogP contribution in [0.2, 0.25) is 0 Å². The fourth-order valence-electron chi connectivity index (χ4n) is 2.97. The molecular weight excluding hydrogens is 224 g/mol. The van der Waals surface area contributed by atoms with E-state index in [9.17, 15) is 4.79 Å². The van der Waals surface area contributed by atoms with Crippen molar-refractivity contribution in [1.82, 2.24) is 10.2 Å². The average molecular weight is 247 g/mol. The second-order valence-corrected chi connectivity index (χ2v) is 5.38. The van der Waals surface area contributed by atoms with Gasteiger partial charge in [0.2, 0.25) is 5.91 Å². The molecule has 0 bridgehead atoms. The standard InChI is InChI=1S/C12H22N2O.ClH/c1-9-5-10(2)8-14(7-9)12(15)11-3-4-13-6-11;/h9-11,13H,3-8H2,1-2H3;1H. The fraction of sp³-hybridized carbons (Fsp3) is 0.917. The van der Waals surface area contributed by atoms with Crippen LogP contribution in [0.25, 0.3) is 0 Å². The van der Waals surface area contributed by atoms with Gasteiger partial charge in [-0.25, -0.2) is 0 Å². The van der Waals surface area contributed by atoms with E-state index in [2.05, 4.69) is 24.1 Å². The van der Waals surface area contributed by atoms with Gasteiger partial charge in [0.1, 0.15) is 0 Å². The number of hydrogen-bond donors (Lipinski definition) is 1. The summed E-state index contributed by atoms with van der Waals surface area (Å²) in [5, 5.41) is 3.27. The molecule has 2 fully saturated rings. The fourth-order valence-corrected chi connectivity index (χ4v) is 2.97. The quantitative estimate of drug-likeness (QED) is 0.761. The minimum absolute atomic E-state index is 0. The second kappa shape index (κ2) is 5.87. The Bertz CT molecular complexity index is 231. The van der Waals surface area contributed by atoms with E-state index in [0.29, 0.717) is 17.7 Å². The lowest BCUT2D eigenvalue weighted by Crippen LogP contribution is -2.45. The number of nitrogens with one attached hydrogen (secondary N) is 1. The Morgan fingerprint density at radius 1 is 1.25 bits per heavy atom. The molecule has 2 rings (SSSR count). The minimum atomic E-state index is 0. The summed E-state index contributed by atoms with van der Waals surface area (Å²) in [4.78, 5) is 14.3. The van der Waals surface area contributed by atoms with Crippen LogP contribution in [-0.2, 0) is 4.79 Å². The third-order valence-corrected chi connectivity index (χ3v) is 3.59. The van der Waals surface area contributed by atoms with Gasteiger partial charge in [0.05, 0.1) is 5.92 Å². The first-order valence-electron chi connectivity index (χ1n) is 6.16. The molecule has 3 nitrogen and oxygen atoms in total. The molecule has 1 N–H and O–H groups in total. The van der Waals surface area contributed by atoms with Crippen LogP contribution in [0.4, 0.5) is 0 Å². The number of nitrogens with zero attached hydrogens (tertiary/aromatic N) is 1. The van der Waals surface area contributed by atoms with Crippen molar-refractivity contribution < 1.29 is 4.79 Å². The summed E-state index contributed by atoms with van der Waals surface area (Å²) in [6.45, 7) is 8.35. The Balaban J connectivity index is 0.00000128. The molecule has 0 aromatic rings. The third-order valence-electron chi connectivity index (χ3n) is 3.59. The van der Waals surface area contributed by atoms with Crippen LogP contribution in [0.3, 0.4) is 0 Å². The first kappa shape index (κ1) is 13.8. The third kappa shape index (κ3) is 3.11. The Morgan fingerprint density at radius 3 is 2.38 bits per heavy atom. The monoisotopic (exact) mass is 246 g/mol. The lowest BCUT2D eigenvalue weighted by atomic mass is 9.91. The van der Waals surface area contributed by atoms with E-state index in [1.165, 1.54) is 6.42 Å². The van der Waals surface area contributed by atoms with Crippen molar-refractivity contribution >= 4 is 18.3 Å². The first-order valence-corrected chi connectivity index (χ1v) is 6.16. The smallest absolute Gasteiger partial charge is 0.227 e. The van der Waals surface area contributed by atoms with Crippen LogP contribution >= 0.6 is 12.4 Å². The molecule has 2 aliphatic rings. The van der Waals surface area contributed by atoms with E-state index in [1.54, 1.807) is 0 Å². The summed E-state index contributed by atoms with van der Waals surface area (Å²) >= 11 is 0. The molecule has 16 heavy (non-hydrogen) atoms. The molecule has 0 aliphatic carbocycles. The average Bonchev–Trinajstić information content (AvgIpc) is 2.67. The molecule has 0 aromatic carbocycles. The molecule has 2 saturated heterocycles. The Hall–Kier alpha value is -0.280. The Morgan fingerprint density at radius 2 is 1.88 bits per heavy atom. The van der Waals surface area contributed by atoms with E-state index >= 15 is 0 Å². The summed E-state index contributed by atoms with van der Waals surface area (Å²) in [7, 11) is 0. The maximum absolute atomic E-state index is 12.2. The topological polar surface area (TPSA) is 32.3 Å². The molecule has 2 aliphatic heterocycles. The summed E-state index contributed by atoms with van der Waals surface area (Å²) in [6, 6.07) is 0. The van der Waals surface area contributed by atoms with Crippen molar-refractivity contribution in [2.24, 2.45) is 17.8 Å². The molecular formula is C12H23ClN2O. The molecule has 1 amide bonds. The minimum Gasteiger partial charge on any atom is -0.342 e. The van der Waals surface area contributed by atoms with Crippen molar-refractivity contribution in [2.75, 3.05) is 26.2 Å². The largest absolute Gasteiger partial charge is 0.342 e. The highest BCUT2D eigenvalue weighted by molar-refractivity contribution is 5.85. The zero-order valence-corrected chi connectivity index (χ0v) is 11.1. The predicted molar refractivity (Wildman–Crippen MR) is 67.7 cm³/mol. The summed E-state index contributed by atoms with van der Waals surface area (Å²) in [5.41, 5.74) is 0. The maximum Gasteiger partial charge on any atom is 0.227 e. The van der Waals surface area contributed by atoms with E-state index in [4.69, 9.17) is 0 Å². The number of halogens is 1. The summed E-state index contributed by atoms with van der Waals surface area (Å²) in [5.74, 6) is 1.99. The zero-order valence-electron chi connectivity index (χ0n) is 10.2. The maximum atomic E-state index is 12.2. The highest BCUT2D eigenvalue weighted by atomic mass is 35.5. The van der Waals surface area contributed by atoms with Gasteiger partial charge < -0.3 is 10.2 Å². The van der Waals surface area contributed by atoms with Crippen LogP contribution in [0, 0.1) is 17.8 Å². The van der Waals surface area contributed by atoms with Gasteiger partial charge in [-0.15, -0.1) is 12.4 Å².